The van der Waals surface area contributed by atoms with Crippen molar-refractivity contribution in [1.82, 2.24) is 4.90 Å². The van der Waals surface area contributed by atoms with Gasteiger partial charge in [0.1, 0.15) is 5.58 Å². The van der Waals surface area contributed by atoms with Crippen LogP contribution in [0.2, 0.25) is 0 Å². The summed E-state index contributed by atoms with van der Waals surface area (Å²) in [4.78, 5) is 16.1. The summed E-state index contributed by atoms with van der Waals surface area (Å²) < 4.78 is 5.92. The quantitative estimate of drug-likeness (QED) is 0.360. The fraction of sp³-hybridized carbons (Fsp3) is 0.321. The Kier molecular flexibility index (Phi) is 4.65. The Morgan fingerprint density at radius 1 is 0.903 bits per heavy atom. The van der Waals surface area contributed by atoms with Gasteiger partial charge in [-0.3, -0.25) is 4.79 Å². The van der Waals surface area contributed by atoms with Gasteiger partial charge in [-0.15, -0.1) is 0 Å². The molecular weight excluding hydrogens is 382 g/mol. The number of benzene rings is 3. The van der Waals surface area contributed by atoms with Crippen molar-refractivity contribution in [2.45, 2.75) is 44.1 Å². The molecule has 3 aromatic carbocycles. The van der Waals surface area contributed by atoms with Gasteiger partial charge in [0.15, 0.2) is 5.78 Å². The second kappa shape index (κ2) is 7.65. The smallest absolute Gasteiger partial charge is 0.193 e. The van der Waals surface area contributed by atoms with E-state index >= 15 is 0 Å². The Labute approximate surface area is 182 Å². The first-order valence-electron chi connectivity index (χ1n) is 11.6. The fourth-order valence-corrected chi connectivity index (χ4v) is 5.76. The molecule has 3 heteroatoms. The molecule has 0 N–H and O–H groups in total. The van der Waals surface area contributed by atoms with Gasteiger partial charge in [0.2, 0.25) is 0 Å². The maximum absolute atomic E-state index is 13.5. The van der Waals surface area contributed by atoms with E-state index in [1.54, 1.807) is 0 Å². The van der Waals surface area contributed by atoms with Crippen molar-refractivity contribution in [1.29, 1.82) is 0 Å². The number of furan rings is 1. The zero-order valence-corrected chi connectivity index (χ0v) is 17.7. The van der Waals surface area contributed by atoms with Crippen LogP contribution < -0.4 is 0 Å². The number of hydrogen-bond acceptors (Lipinski definition) is 3. The molecule has 156 valence electrons. The molecule has 0 radical (unpaired) electrons. The Bertz CT molecular complexity index is 1270. The van der Waals surface area contributed by atoms with Crippen LogP contribution in [-0.2, 0) is 0 Å². The number of carbonyl (C=O) groups excluding carboxylic acids is 1. The minimum Gasteiger partial charge on any atom is -0.464 e. The molecule has 2 fully saturated rings. The molecule has 6 rings (SSSR count). The molecule has 31 heavy (non-hydrogen) atoms. The first-order valence-corrected chi connectivity index (χ1v) is 11.6. The van der Waals surface area contributed by atoms with Crippen LogP contribution in [0.3, 0.4) is 0 Å². The van der Waals surface area contributed by atoms with E-state index in [1.807, 2.05) is 48.7 Å². The molecule has 0 saturated carbocycles. The maximum atomic E-state index is 13.5. The monoisotopic (exact) mass is 409 g/mol. The van der Waals surface area contributed by atoms with Crippen molar-refractivity contribution in [3.8, 4) is 0 Å². The molecular formula is C28H27NO2. The van der Waals surface area contributed by atoms with Gasteiger partial charge in [0, 0.05) is 28.1 Å². The minimum absolute atomic E-state index is 0.0768. The van der Waals surface area contributed by atoms with E-state index < -0.39 is 0 Å². The number of nitrogens with zero attached hydrogens (tertiary/aromatic N) is 1. The van der Waals surface area contributed by atoms with E-state index in [9.17, 15) is 4.79 Å². The van der Waals surface area contributed by atoms with Gasteiger partial charge in [-0.05, 0) is 73.7 Å². The summed E-state index contributed by atoms with van der Waals surface area (Å²) in [7, 11) is 0. The topological polar surface area (TPSA) is 33.5 Å². The first kappa shape index (κ1) is 18.8. The highest BCUT2D eigenvalue weighted by molar-refractivity contribution is 6.17. The first-order chi connectivity index (χ1) is 15.3. The SMILES string of the molecule is O=C(c1ccc2occ(C3CCN4CCCCC4C3)c2c1)c1cccc2ccccc12. The highest BCUT2D eigenvalue weighted by Gasteiger charge is 2.32. The zero-order chi connectivity index (χ0) is 20.8. The summed E-state index contributed by atoms with van der Waals surface area (Å²) in [6, 6.07) is 20.7. The van der Waals surface area contributed by atoms with Gasteiger partial charge in [0.25, 0.3) is 0 Å². The van der Waals surface area contributed by atoms with E-state index in [1.165, 1.54) is 50.8 Å². The molecule has 0 spiro atoms. The standard InChI is InChI=1S/C28H27NO2/c30-28(24-10-5-7-19-6-1-2-9-23(19)24)21-11-12-27-25(17-21)26(18-31-27)20-13-15-29-14-4-3-8-22(29)16-20/h1-2,5-7,9-12,17-18,20,22H,3-4,8,13-16H2. The second-order valence-electron chi connectivity index (χ2n) is 9.16. The van der Waals surface area contributed by atoms with Crippen molar-refractivity contribution in [3.63, 3.8) is 0 Å². The van der Waals surface area contributed by atoms with Crippen LogP contribution in [0.5, 0.6) is 0 Å². The number of carbonyl (C=O) groups is 1. The summed E-state index contributed by atoms with van der Waals surface area (Å²) >= 11 is 0. The van der Waals surface area contributed by atoms with Crippen LogP contribution in [0.4, 0.5) is 0 Å². The maximum Gasteiger partial charge on any atom is 0.193 e. The van der Waals surface area contributed by atoms with E-state index in [-0.39, 0.29) is 5.78 Å². The largest absolute Gasteiger partial charge is 0.464 e. The van der Waals surface area contributed by atoms with Crippen molar-refractivity contribution >= 4 is 27.5 Å². The van der Waals surface area contributed by atoms with Gasteiger partial charge in [-0.25, -0.2) is 0 Å². The molecule has 1 aromatic heterocycles. The fourth-order valence-electron chi connectivity index (χ4n) is 5.76. The van der Waals surface area contributed by atoms with Crippen LogP contribution in [0.15, 0.2) is 71.3 Å². The third kappa shape index (κ3) is 3.28. The minimum atomic E-state index is 0.0768. The third-order valence-electron chi connectivity index (χ3n) is 7.41. The van der Waals surface area contributed by atoms with E-state index in [0.717, 1.165) is 32.9 Å². The summed E-state index contributed by atoms with van der Waals surface area (Å²) in [5, 5.41) is 3.21. The lowest BCUT2D eigenvalue weighted by atomic mass is 9.82. The van der Waals surface area contributed by atoms with Crippen molar-refractivity contribution < 1.29 is 9.21 Å². The zero-order valence-electron chi connectivity index (χ0n) is 17.7. The van der Waals surface area contributed by atoms with Gasteiger partial charge >= 0.3 is 0 Å². The Hall–Kier alpha value is -2.91. The molecule has 0 amide bonds. The van der Waals surface area contributed by atoms with Crippen LogP contribution in [0.1, 0.15) is 59.5 Å². The predicted molar refractivity (Wildman–Crippen MR) is 125 cm³/mol. The molecule has 2 aliphatic heterocycles. The molecule has 2 aliphatic rings. The summed E-state index contributed by atoms with van der Waals surface area (Å²) in [6.45, 7) is 2.43. The molecule has 3 nitrogen and oxygen atoms in total. The summed E-state index contributed by atoms with van der Waals surface area (Å²) in [6.07, 6.45) is 8.33. The van der Waals surface area contributed by atoms with Gasteiger partial charge in [0.05, 0.1) is 6.26 Å². The molecule has 4 aromatic rings. The van der Waals surface area contributed by atoms with Crippen molar-refractivity contribution in [2.24, 2.45) is 0 Å². The number of rotatable bonds is 3. The predicted octanol–water partition coefficient (Wildman–Crippen LogP) is 6.55. The molecule has 2 unspecified atom stereocenters. The average molecular weight is 410 g/mol. The molecule has 2 atom stereocenters. The lowest BCUT2D eigenvalue weighted by Gasteiger charge is -2.42. The highest BCUT2D eigenvalue weighted by Crippen LogP contribution is 2.39. The summed E-state index contributed by atoms with van der Waals surface area (Å²) in [5.41, 5.74) is 3.67. The molecule has 0 aliphatic carbocycles. The van der Waals surface area contributed by atoms with E-state index in [4.69, 9.17) is 4.42 Å². The van der Waals surface area contributed by atoms with Crippen LogP contribution in [0.25, 0.3) is 21.7 Å². The highest BCUT2D eigenvalue weighted by atomic mass is 16.3. The molecule has 3 heterocycles. The normalized spacial score (nSPS) is 21.9. The average Bonchev–Trinajstić information content (AvgIpc) is 3.26. The van der Waals surface area contributed by atoms with Gasteiger partial charge in [-0.1, -0.05) is 48.9 Å². The number of piperidine rings is 2. The molecule has 0 bridgehead atoms. The van der Waals surface area contributed by atoms with E-state index in [0.29, 0.717) is 12.0 Å². The third-order valence-corrected chi connectivity index (χ3v) is 7.41. The number of ketones is 1. The second-order valence-corrected chi connectivity index (χ2v) is 9.16. The van der Waals surface area contributed by atoms with Crippen LogP contribution in [0, 0.1) is 0 Å². The van der Waals surface area contributed by atoms with Crippen molar-refractivity contribution in [2.75, 3.05) is 13.1 Å². The number of fused-ring (bicyclic) bond motifs is 3. The Morgan fingerprint density at radius 3 is 2.77 bits per heavy atom. The lowest BCUT2D eigenvalue weighted by molar-refractivity contribution is 0.0975. The van der Waals surface area contributed by atoms with Crippen LogP contribution in [-0.4, -0.2) is 29.8 Å². The van der Waals surface area contributed by atoms with Crippen molar-refractivity contribution in [3.05, 3.63) is 83.6 Å². The number of hydrogen-bond donors (Lipinski definition) is 0. The van der Waals surface area contributed by atoms with Gasteiger partial charge < -0.3 is 9.32 Å². The summed E-state index contributed by atoms with van der Waals surface area (Å²) in [5.74, 6) is 0.594. The van der Waals surface area contributed by atoms with E-state index in [2.05, 4.69) is 23.1 Å². The molecule has 2 saturated heterocycles. The Balaban J connectivity index is 1.36. The van der Waals surface area contributed by atoms with Gasteiger partial charge in [-0.2, -0.15) is 0 Å². The Morgan fingerprint density at radius 2 is 1.81 bits per heavy atom. The lowest BCUT2D eigenvalue weighted by Crippen LogP contribution is -2.44. The van der Waals surface area contributed by atoms with Crippen LogP contribution >= 0.6 is 0 Å².